The molecule has 2 aliphatic heterocycles. The van der Waals surface area contributed by atoms with Crippen LogP contribution in [0.25, 0.3) is 0 Å². The van der Waals surface area contributed by atoms with Gasteiger partial charge in [-0.25, -0.2) is 38.6 Å². The van der Waals surface area contributed by atoms with E-state index in [2.05, 4.69) is 10.6 Å². The van der Waals surface area contributed by atoms with Gasteiger partial charge in [-0.05, 0) is 72.8 Å². The van der Waals surface area contributed by atoms with Crippen molar-refractivity contribution in [3.05, 3.63) is 35.9 Å². The molecular weight excluding hydrogens is 856 g/mol. The summed E-state index contributed by atoms with van der Waals surface area (Å²) < 4.78 is 25.5. The Morgan fingerprint density at radius 1 is 0.646 bits per heavy atom. The third-order valence-electron chi connectivity index (χ3n) is 9.08. The summed E-state index contributed by atoms with van der Waals surface area (Å²) in [6, 6.07) is 1.95. The standard InChI is InChI=1S/C25H35N3O8.C18H29N3O8/c1-7-34-19(29)14-27-13-18(22(31)35-15-17-11-9-8-10-12-17)28(24(27)33)21(30)20(16(2)3)26-23(32)36-25(4,5)6;1-7-28-12(22)9-20-8-11(15(24)25)21(17(20)27)14(23)13(10(2)3)19-16(26)29-18(4,5)6/h8-12,16,18,20H,7,13-15H2,1-6H3,(H,26,32);10-11,13H,7-9H2,1-6H3,(H,19,26)(H,24,25). The fourth-order valence-electron chi connectivity index (χ4n) is 6.18. The zero-order chi connectivity index (χ0) is 49.6. The zero-order valence-electron chi connectivity index (χ0n) is 39.2. The largest absolute Gasteiger partial charge is 0.480 e. The second-order valence-electron chi connectivity index (χ2n) is 17.6. The molecule has 0 aliphatic carbocycles. The summed E-state index contributed by atoms with van der Waals surface area (Å²) in [6.07, 6.45) is -1.71. The molecule has 0 bridgehead atoms. The summed E-state index contributed by atoms with van der Waals surface area (Å²) in [4.78, 5) is 128. The van der Waals surface area contributed by atoms with Crippen LogP contribution >= 0.6 is 0 Å². The molecule has 1 aromatic carbocycles. The summed E-state index contributed by atoms with van der Waals surface area (Å²) in [5.41, 5.74) is -0.890. The normalized spacial score (nSPS) is 17.1. The van der Waals surface area contributed by atoms with E-state index in [-0.39, 0.29) is 32.9 Å². The van der Waals surface area contributed by atoms with Gasteiger partial charge in [0, 0.05) is 0 Å². The highest BCUT2D eigenvalue weighted by atomic mass is 16.6. The van der Waals surface area contributed by atoms with Gasteiger partial charge in [0.15, 0.2) is 12.1 Å². The van der Waals surface area contributed by atoms with E-state index in [9.17, 15) is 53.1 Å². The monoisotopic (exact) mass is 920 g/mol. The molecule has 3 N–H and O–H groups in total. The van der Waals surface area contributed by atoms with Gasteiger partial charge in [0.1, 0.15) is 43.0 Å². The number of amides is 8. The van der Waals surface area contributed by atoms with Crippen molar-refractivity contribution in [2.24, 2.45) is 11.8 Å². The highest BCUT2D eigenvalue weighted by Crippen LogP contribution is 2.23. The number of hydrogen-bond donors (Lipinski definition) is 3. The van der Waals surface area contributed by atoms with Crippen molar-refractivity contribution in [2.45, 2.75) is 125 Å². The second kappa shape index (κ2) is 24.0. The third kappa shape index (κ3) is 16.9. The summed E-state index contributed by atoms with van der Waals surface area (Å²) in [5.74, 6) is -6.22. The fraction of sp³-hybridized carbons (Fsp3) is 0.628. The lowest BCUT2D eigenvalue weighted by Crippen LogP contribution is -2.56. The molecule has 2 saturated heterocycles. The number of ether oxygens (including phenoxy) is 5. The Kier molecular flexibility index (Phi) is 20.2. The summed E-state index contributed by atoms with van der Waals surface area (Å²) in [5, 5.41) is 14.4. The maximum atomic E-state index is 13.5. The van der Waals surface area contributed by atoms with E-state index >= 15 is 0 Å². The second-order valence-corrected chi connectivity index (χ2v) is 17.6. The average molecular weight is 921 g/mol. The number of urea groups is 2. The van der Waals surface area contributed by atoms with E-state index in [0.717, 1.165) is 20.3 Å². The number of rotatable bonds is 16. The number of nitrogens with one attached hydrogen (secondary N) is 2. The molecule has 0 spiro atoms. The first-order chi connectivity index (χ1) is 30.1. The third-order valence-corrected chi connectivity index (χ3v) is 9.08. The molecule has 2 fully saturated rings. The van der Waals surface area contributed by atoms with Crippen LogP contribution in [-0.4, -0.2) is 159 Å². The molecule has 362 valence electrons. The van der Waals surface area contributed by atoms with E-state index in [1.54, 1.807) is 107 Å². The number of carbonyl (C=O) groups is 10. The summed E-state index contributed by atoms with van der Waals surface area (Å²) in [7, 11) is 0. The van der Waals surface area contributed by atoms with E-state index in [4.69, 9.17) is 23.7 Å². The van der Waals surface area contributed by atoms with Gasteiger partial charge >= 0.3 is 48.1 Å². The number of aliphatic carboxylic acids is 1. The van der Waals surface area contributed by atoms with E-state index < -0.39 is 120 Å². The predicted octanol–water partition coefficient (Wildman–Crippen LogP) is 3.29. The molecule has 8 amide bonds. The maximum absolute atomic E-state index is 13.5. The van der Waals surface area contributed by atoms with E-state index in [1.165, 1.54) is 0 Å². The van der Waals surface area contributed by atoms with Crippen molar-refractivity contribution in [1.29, 1.82) is 0 Å². The van der Waals surface area contributed by atoms with Gasteiger partial charge in [0.2, 0.25) is 0 Å². The Labute approximate surface area is 378 Å². The van der Waals surface area contributed by atoms with Crippen molar-refractivity contribution in [2.75, 3.05) is 39.4 Å². The van der Waals surface area contributed by atoms with Gasteiger partial charge in [-0.3, -0.25) is 19.2 Å². The Morgan fingerprint density at radius 3 is 1.38 bits per heavy atom. The number of benzene rings is 1. The van der Waals surface area contributed by atoms with E-state index in [1.807, 2.05) is 6.07 Å². The zero-order valence-corrected chi connectivity index (χ0v) is 39.2. The van der Waals surface area contributed by atoms with Crippen LogP contribution in [0.4, 0.5) is 19.2 Å². The average Bonchev–Trinajstić information content (AvgIpc) is 3.68. The van der Waals surface area contributed by atoms with Crippen LogP contribution in [0.1, 0.15) is 88.6 Å². The first-order valence-electron chi connectivity index (χ1n) is 21.1. The van der Waals surface area contributed by atoms with Crippen molar-refractivity contribution in [3.8, 4) is 0 Å². The van der Waals surface area contributed by atoms with Crippen molar-refractivity contribution in [3.63, 3.8) is 0 Å². The number of alkyl carbamates (subject to hydrolysis) is 2. The van der Waals surface area contributed by atoms with Crippen molar-refractivity contribution in [1.82, 2.24) is 30.2 Å². The molecule has 0 saturated carbocycles. The molecule has 4 unspecified atom stereocenters. The number of nitrogens with zero attached hydrogens (tertiary/aromatic N) is 4. The van der Waals surface area contributed by atoms with E-state index in [0.29, 0.717) is 4.90 Å². The number of carboxylic acids is 1. The smallest absolute Gasteiger partial charge is 0.408 e. The lowest BCUT2D eigenvalue weighted by molar-refractivity contribution is -0.153. The van der Waals surface area contributed by atoms with Crippen molar-refractivity contribution >= 4 is 59.9 Å². The van der Waals surface area contributed by atoms with Gasteiger partial charge < -0.3 is 49.2 Å². The van der Waals surface area contributed by atoms with Crippen LogP contribution in [0.15, 0.2) is 30.3 Å². The van der Waals surface area contributed by atoms with Crippen LogP contribution in [0.2, 0.25) is 0 Å². The Bertz CT molecular complexity index is 1890. The first-order valence-corrected chi connectivity index (χ1v) is 21.1. The molecule has 2 heterocycles. The van der Waals surface area contributed by atoms with Crippen LogP contribution < -0.4 is 10.6 Å². The maximum Gasteiger partial charge on any atom is 0.408 e. The molecular formula is C43H64N6O16. The highest BCUT2D eigenvalue weighted by Gasteiger charge is 2.50. The number of carboxylic acid groups (broad SMARTS) is 1. The Morgan fingerprint density at radius 2 is 1.03 bits per heavy atom. The molecule has 1 aromatic rings. The van der Waals surface area contributed by atoms with Gasteiger partial charge in [0.05, 0.1) is 26.3 Å². The van der Waals surface area contributed by atoms with Crippen LogP contribution in [0.3, 0.4) is 0 Å². The fourth-order valence-corrected chi connectivity index (χ4v) is 6.18. The molecule has 0 aromatic heterocycles. The lowest BCUT2D eigenvalue weighted by Gasteiger charge is -2.29. The number of carbonyl (C=O) groups excluding carboxylic acids is 9. The van der Waals surface area contributed by atoms with Crippen molar-refractivity contribution < 1.29 is 76.7 Å². The summed E-state index contributed by atoms with van der Waals surface area (Å²) in [6.45, 7) is 18.4. The minimum atomic E-state index is -1.49. The lowest BCUT2D eigenvalue weighted by atomic mass is 10.0. The topological polar surface area (TPSA) is 274 Å². The molecule has 65 heavy (non-hydrogen) atoms. The summed E-state index contributed by atoms with van der Waals surface area (Å²) >= 11 is 0. The SMILES string of the molecule is CCOC(=O)CN1CC(C(=O)O)N(C(=O)C(NC(=O)OC(C)(C)C)C(C)C)C1=O.CCOC(=O)CN1CC(C(=O)OCc2ccccc2)N(C(=O)C(NC(=O)OC(C)(C)C)C(C)C)C1=O. The molecule has 22 heteroatoms. The van der Waals surface area contributed by atoms with Crippen LogP contribution in [-0.2, 0) is 59.1 Å². The molecule has 2 aliphatic rings. The first kappa shape index (κ1) is 54.7. The minimum Gasteiger partial charge on any atom is -0.480 e. The van der Waals surface area contributed by atoms with Crippen LogP contribution in [0, 0.1) is 11.8 Å². The molecule has 3 rings (SSSR count). The number of esters is 3. The van der Waals surface area contributed by atoms with Gasteiger partial charge in [-0.1, -0.05) is 58.0 Å². The van der Waals surface area contributed by atoms with Gasteiger partial charge in [-0.2, -0.15) is 0 Å². The molecule has 4 atom stereocenters. The Balaban J connectivity index is 0.000000458. The van der Waals surface area contributed by atoms with Gasteiger partial charge in [-0.15, -0.1) is 0 Å². The minimum absolute atomic E-state index is 0.0615. The number of imide groups is 2. The highest BCUT2D eigenvalue weighted by molar-refractivity contribution is 6.05. The molecule has 0 radical (unpaired) electrons. The number of hydrogen-bond acceptors (Lipinski definition) is 15. The Hall–Kier alpha value is -6.48. The molecule has 22 nitrogen and oxygen atoms in total. The quantitative estimate of drug-likeness (QED) is 0.159. The predicted molar refractivity (Wildman–Crippen MR) is 228 cm³/mol. The van der Waals surface area contributed by atoms with Gasteiger partial charge in [0.25, 0.3) is 11.8 Å². The van der Waals surface area contributed by atoms with Crippen LogP contribution in [0.5, 0.6) is 0 Å².